The van der Waals surface area contributed by atoms with Gasteiger partial charge in [-0.15, -0.1) is 0 Å². The van der Waals surface area contributed by atoms with Crippen molar-refractivity contribution >= 4 is 57.4 Å². The average molecular weight is 431 g/mol. The van der Waals surface area contributed by atoms with Crippen molar-refractivity contribution in [3.63, 3.8) is 0 Å². The number of halogens is 2. The molecule has 0 saturated carbocycles. The van der Waals surface area contributed by atoms with Crippen LogP contribution in [-0.2, 0) is 6.54 Å². The maximum atomic E-state index is 12.1. The highest BCUT2D eigenvalue weighted by Crippen LogP contribution is 2.14. The van der Waals surface area contributed by atoms with Crippen molar-refractivity contribution in [1.29, 1.82) is 0 Å². The first-order valence-corrected chi connectivity index (χ1v) is 8.01. The third-order valence-electron chi connectivity index (χ3n) is 2.74. The number of nitrogens with one attached hydrogen (secondary N) is 2. The first-order chi connectivity index (χ1) is 10.1. The monoisotopic (exact) mass is 430 g/mol. The van der Waals surface area contributed by atoms with Crippen LogP contribution in [0.2, 0.25) is 5.02 Å². The molecule has 2 N–H and O–H groups in total. The number of rotatable bonds is 3. The standard InChI is InChI=1S/C15H12ClIN2OS/c16-12-7-3-1-5-10(12)9-18-15(21)19-14(20)11-6-2-4-8-13(11)17/h1-8H,9H2,(H2,18,19,20,21). The molecule has 0 saturated heterocycles. The van der Waals surface area contributed by atoms with Crippen LogP contribution in [0.3, 0.4) is 0 Å². The zero-order valence-electron chi connectivity index (χ0n) is 10.9. The molecular weight excluding hydrogens is 419 g/mol. The summed E-state index contributed by atoms with van der Waals surface area (Å²) in [5.74, 6) is -0.225. The second-order valence-corrected chi connectivity index (χ2v) is 6.19. The van der Waals surface area contributed by atoms with Gasteiger partial charge in [-0.05, 0) is 58.6 Å². The summed E-state index contributed by atoms with van der Waals surface area (Å²) < 4.78 is 0.876. The molecule has 2 rings (SSSR count). The van der Waals surface area contributed by atoms with Gasteiger partial charge in [-0.2, -0.15) is 0 Å². The fraction of sp³-hybridized carbons (Fsp3) is 0.0667. The number of amides is 1. The Morgan fingerprint density at radius 1 is 1.14 bits per heavy atom. The van der Waals surface area contributed by atoms with Crippen LogP contribution in [-0.4, -0.2) is 11.0 Å². The Labute approximate surface area is 147 Å². The van der Waals surface area contributed by atoms with Gasteiger partial charge in [-0.25, -0.2) is 0 Å². The summed E-state index contributed by atoms with van der Waals surface area (Å²) in [4.78, 5) is 12.1. The molecule has 0 aliphatic heterocycles. The molecular formula is C15H12ClIN2OS. The Morgan fingerprint density at radius 2 is 1.81 bits per heavy atom. The predicted molar refractivity (Wildman–Crippen MR) is 97.5 cm³/mol. The van der Waals surface area contributed by atoms with Crippen molar-refractivity contribution in [2.24, 2.45) is 0 Å². The summed E-state index contributed by atoms with van der Waals surface area (Å²) in [6, 6.07) is 14.8. The van der Waals surface area contributed by atoms with Gasteiger partial charge in [0.25, 0.3) is 5.91 Å². The lowest BCUT2D eigenvalue weighted by Crippen LogP contribution is -2.39. The highest BCUT2D eigenvalue weighted by atomic mass is 127. The van der Waals surface area contributed by atoms with E-state index < -0.39 is 0 Å². The lowest BCUT2D eigenvalue weighted by molar-refractivity contribution is 0.0976. The lowest BCUT2D eigenvalue weighted by atomic mass is 10.2. The Morgan fingerprint density at radius 3 is 2.52 bits per heavy atom. The first-order valence-electron chi connectivity index (χ1n) is 6.15. The number of carbonyl (C=O) groups excluding carboxylic acids is 1. The molecule has 0 radical (unpaired) electrons. The van der Waals surface area contributed by atoms with Crippen LogP contribution in [0.1, 0.15) is 15.9 Å². The van der Waals surface area contributed by atoms with Gasteiger partial charge in [0.1, 0.15) is 0 Å². The summed E-state index contributed by atoms with van der Waals surface area (Å²) in [5, 5.41) is 6.57. The fourth-order valence-electron chi connectivity index (χ4n) is 1.68. The zero-order chi connectivity index (χ0) is 15.2. The Hall–Kier alpha value is -1.18. The molecule has 0 fully saturated rings. The van der Waals surface area contributed by atoms with Crippen molar-refractivity contribution in [2.75, 3.05) is 0 Å². The Bertz CT molecular complexity index is 678. The van der Waals surface area contributed by atoms with Crippen LogP contribution >= 0.6 is 46.4 Å². The molecule has 0 aliphatic carbocycles. The molecule has 0 spiro atoms. The lowest BCUT2D eigenvalue weighted by Gasteiger charge is -2.11. The van der Waals surface area contributed by atoms with Crippen molar-refractivity contribution in [1.82, 2.24) is 10.6 Å². The molecule has 0 atom stereocenters. The van der Waals surface area contributed by atoms with Gasteiger partial charge >= 0.3 is 0 Å². The minimum absolute atomic E-state index is 0.225. The van der Waals surface area contributed by atoms with Crippen LogP contribution in [0.5, 0.6) is 0 Å². The van der Waals surface area contributed by atoms with E-state index in [1.807, 2.05) is 42.5 Å². The van der Waals surface area contributed by atoms with Crippen molar-refractivity contribution in [2.45, 2.75) is 6.54 Å². The Kier molecular flexibility index (Phi) is 5.96. The molecule has 1 amide bonds. The molecule has 6 heteroatoms. The first kappa shape index (κ1) is 16.2. The highest BCUT2D eigenvalue weighted by molar-refractivity contribution is 14.1. The number of benzene rings is 2. The summed E-state index contributed by atoms with van der Waals surface area (Å²) in [5.41, 5.74) is 1.52. The number of carbonyl (C=O) groups is 1. The summed E-state index contributed by atoms with van der Waals surface area (Å²) >= 11 is 13.3. The van der Waals surface area contributed by atoms with Gasteiger partial charge in [0.15, 0.2) is 5.11 Å². The van der Waals surface area contributed by atoms with E-state index in [1.54, 1.807) is 6.07 Å². The SMILES string of the molecule is O=C(NC(=S)NCc1ccccc1Cl)c1ccccc1I. The topological polar surface area (TPSA) is 41.1 Å². The summed E-state index contributed by atoms with van der Waals surface area (Å²) in [6.45, 7) is 0.463. The second-order valence-electron chi connectivity index (χ2n) is 4.21. The third-order valence-corrected chi connectivity index (χ3v) is 4.30. The quantitative estimate of drug-likeness (QED) is 0.576. The smallest absolute Gasteiger partial charge is 0.258 e. The molecule has 0 aliphatic rings. The average Bonchev–Trinajstić information content (AvgIpc) is 2.46. The van der Waals surface area contributed by atoms with Gasteiger partial charge in [-0.1, -0.05) is 41.9 Å². The second kappa shape index (κ2) is 7.72. The molecule has 21 heavy (non-hydrogen) atoms. The van der Waals surface area contributed by atoms with E-state index in [9.17, 15) is 4.79 Å². The number of hydrogen-bond donors (Lipinski definition) is 2. The largest absolute Gasteiger partial charge is 0.358 e. The maximum Gasteiger partial charge on any atom is 0.258 e. The van der Waals surface area contributed by atoms with E-state index in [0.717, 1.165) is 9.13 Å². The fourth-order valence-corrected chi connectivity index (χ4v) is 2.68. The van der Waals surface area contributed by atoms with E-state index in [-0.39, 0.29) is 11.0 Å². The molecule has 0 heterocycles. The van der Waals surface area contributed by atoms with Gasteiger partial charge < -0.3 is 5.32 Å². The van der Waals surface area contributed by atoms with E-state index in [4.69, 9.17) is 23.8 Å². The van der Waals surface area contributed by atoms with E-state index in [2.05, 4.69) is 33.2 Å². The van der Waals surface area contributed by atoms with Crippen molar-refractivity contribution in [3.8, 4) is 0 Å². The minimum Gasteiger partial charge on any atom is -0.358 e. The van der Waals surface area contributed by atoms with Crippen LogP contribution in [0.15, 0.2) is 48.5 Å². The highest BCUT2D eigenvalue weighted by Gasteiger charge is 2.10. The third kappa shape index (κ3) is 4.66. The molecule has 0 bridgehead atoms. The molecule has 0 aromatic heterocycles. The molecule has 108 valence electrons. The molecule has 2 aromatic carbocycles. The van der Waals surface area contributed by atoms with Crippen LogP contribution in [0.4, 0.5) is 0 Å². The minimum atomic E-state index is -0.225. The van der Waals surface area contributed by atoms with Crippen LogP contribution < -0.4 is 10.6 Å². The van der Waals surface area contributed by atoms with Gasteiger partial charge in [0, 0.05) is 15.1 Å². The van der Waals surface area contributed by atoms with Gasteiger partial charge in [0.05, 0.1) is 5.56 Å². The van der Waals surface area contributed by atoms with Crippen molar-refractivity contribution in [3.05, 3.63) is 68.3 Å². The zero-order valence-corrected chi connectivity index (χ0v) is 14.6. The number of thiocarbonyl (C=S) groups is 1. The van der Waals surface area contributed by atoms with E-state index in [0.29, 0.717) is 17.1 Å². The van der Waals surface area contributed by atoms with Crippen LogP contribution in [0, 0.1) is 3.57 Å². The van der Waals surface area contributed by atoms with E-state index in [1.165, 1.54) is 0 Å². The molecule has 0 unspecified atom stereocenters. The normalized spacial score (nSPS) is 10.0. The summed E-state index contributed by atoms with van der Waals surface area (Å²) in [6.07, 6.45) is 0. The molecule has 2 aromatic rings. The Balaban J connectivity index is 1.92. The van der Waals surface area contributed by atoms with Crippen LogP contribution in [0.25, 0.3) is 0 Å². The van der Waals surface area contributed by atoms with Gasteiger partial charge in [0.2, 0.25) is 0 Å². The van der Waals surface area contributed by atoms with Crippen molar-refractivity contribution < 1.29 is 4.79 Å². The summed E-state index contributed by atoms with van der Waals surface area (Å²) in [7, 11) is 0. The van der Waals surface area contributed by atoms with Gasteiger partial charge in [-0.3, -0.25) is 10.1 Å². The molecule has 3 nitrogen and oxygen atoms in total. The number of hydrogen-bond acceptors (Lipinski definition) is 2. The van der Waals surface area contributed by atoms with E-state index >= 15 is 0 Å². The predicted octanol–water partition coefficient (Wildman–Crippen LogP) is 3.75. The maximum absolute atomic E-state index is 12.1.